The second-order valence-corrected chi connectivity index (χ2v) is 10.9. The highest BCUT2D eigenvalue weighted by Crippen LogP contribution is 2.32. The summed E-state index contributed by atoms with van der Waals surface area (Å²) in [6, 6.07) is 14.5. The lowest BCUT2D eigenvalue weighted by molar-refractivity contribution is -0.157. The van der Waals surface area contributed by atoms with Crippen molar-refractivity contribution in [3.05, 3.63) is 54.1 Å². The lowest BCUT2D eigenvalue weighted by atomic mass is 9.82. The molecule has 1 spiro atoms. The van der Waals surface area contributed by atoms with E-state index in [0.717, 1.165) is 37.9 Å². The fourth-order valence-corrected chi connectivity index (χ4v) is 5.34. The number of carbonyl (C=O) groups excluding carboxylic acids is 2. The molecule has 0 aliphatic carbocycles. The highest BCUT2D eigenvalue weighted by atomic mass is 32.2. The predicted molar refractivity (Wildman–Crippen MR) is 134 cm³/mol. The monoisotopic (exact) mass is 500 g/mol. The van der Waals surface area contributed by atoms with Crippen LogP contribution in [-0.2, 0) is 26.2 Å². The number of carbonyl (C=O) groups is 2. The summed E-state index contributed by atoms with van der Waals surface area (Å²) < 4.78 is 30.9. The van der Waals surface area contributed by atoms with Crippen molar-refractivity contribution in [2.45, 2.75) is 38.3 Å². The third-order valence-electron chi connectivity index (χ3n) is 6.49. The molecule has 2 amide bonds. The van der Waals surface area contributed by atoms with Crippen molar-refractivity contribution in [1.29, 1.82) is 0 Å². The summed E-state index contributed by atoms with van der Waals surface area (Å²) in [6.07, 6.45) is 3.21. The topological polar surface area (TPSA) is 108 Å². The van der Waals surface area contributed by atoms with Gasteiger partial charge in [-0.05, 0) is 61.2 Å². The van der Waals surface area contributed by atoms with Crippen LogP contribution in [-0.4, -0.2) is 68.0 Å². The largest absolute Gasteiger partial charge is 0.457 e. The molecule has 2 saturated heterocycles. The second-order valence-electron chi connectivity index (χ2n) is 9.18. The number of amides is 2. The van der Waals surface area contributed by atoms with Gasteiger partial charge in [-0.25, -0.2) is 8.42 Å². The molecule has 2 aliphatic heterocycles. The number of nitrogens with zero attached hydrogens (tertiary/aromatic N) is 2. The maximum atomic E-state index is 12.8. The Hall–Kier alpha value is -3.11. The first kappa shape index (κ1) is 25.0. The number of benzene rings is 2. The minimum Gasteiger partial charge on any atom is -0.457 e. The van der Waals surface area contributed by atoms with Gasteiger partial charge in [0.2, 0.25) is 21.8 Å². The number of rotatable bonds is 8. The minimum absolute atomic E-state index is 0.0109. The molecule has 4 rings (SSSR count). The fourth-order valence-electron chi connectivity index (χ4n) is 4.78. The second kappa shape index (κ2) is 10.2. The molecule has 9 nitrogen and oxygen atoms in total. The third kappa shape index (κ3) is 5.94. The first-order chi connectivity index (χ1) is 16.7. The Bertz CT molecular complexity index is 1160. The van der Waals surface area contributed by atoms with E-state index in [0.29, 0.717) is 36.6 Å². The summed E-state index contributed by atoms with van der Waals surface area (Å²) in [5.41, 5.74) is 0.897. The molecule has 0 radical (unpaired) electrons. The molecule has 2 aromatic carbocycles. The first-order valence-corrected chi connectivity index (χ1v) is 13.7. The van der Waals surface area contributed by atoms with Crippen LogP contribution in [0.1, 0.15) is 31.7 Å². The molecule has 2 fully saturated rings. The lowest BCUT2D eigenvalue weighted by Crippen LogP contribution is -2.70. The maximum absolute atomic E-state index is 12.8. The zero-order valence-corrected chi connectivity index (χ0v) is 20.9. The van der Waals surface area contributed by atoms with Crippen molar-refractivity contribution < 1.29 is 22.7 Å². The van der Waals surface area contributed by atoms with E-state index in [-0.39, 0.29) is 18.4 Å². The molecule has 0 unspecified atom stereocenters. The van der Waals surface area contributed by atoms with Crippen molar-refractivity contribution in [3.8, 4) is 11.5 Å². The number of ether oxygens (including phenoxy) is 1. The number of likely N-dealkylation sites (tertiary alicyclic amines) is 1. The molecule has 2 N–H and O–H groups in total. The average Bonchev–Trinajstić information content (AvgIpc) is 2.82. The number of anilines is 1. The molecule has 0 bridgehead atoms. The molecule has 2 aliphatic rings. The van der Waals surface area contributed by atoms with Crippen molar-refractivity contribution in [2.24, 2.45) is 0 Å². The van der Waals surface area contributed by atoms with E-state index in [1.54, 1.807) is 29.2 Å². The molecule has 0 atom stereocenters. The smallest absolute Gasteiger partial charge is 0.246 e. The molecular weight excluding hydrogens is 468 g/mol. The summed E-state index contributed by atoms with van der Waals surface area (Å²) in [4.78, 5) is 29.4. The minimum atomic E-state index is -3.32. The standard InChI is InChI=1S/C25H32N4O5S/c1-3-14-29-23(30)17-26-24(31)25(29)12-15-28(16-13-25)18-19-4-8-21(9-5-19)34-22-10-6-20(7-11-22)27-35(2,32)33/h4-11,27H,3,12-18H2,1-2H3,(H,26,31). The van der Waals surface area contributed by atoms with Gasteiger partial charge in [-0.3, -0.25) is 19.2 Å². The van der Waals surface area contributed by atoms with E-state index in [9.17, 15) is 18.0 Å². The van der Waals surface area contributed by atoms with E-state index in [1.807, 2.05) is 31.2 Å². The Kier molecular flexibility index (Phi) is 7.32. The van der Waals surface area contributed by atoms with Crippen LogP contribution in [0.2, 0.25) is 0 Å². The van der Waals surface area contributed by atoms with Crippen LogP contribution < -0.4 is 14.8 Å². The molecule has 2 aromatic rings. The Morgan fingerprint density at radius 2 is 1.60 bits per heavy atom. The van der Waals surface area contributed by atoms with Gasteiger partial charge in [0, 0.05) is 31.9 Å². The van der Waals surface area contributed by atoms with Crippen LogP contribution >= 0.6 is 0 Å². The fraction of sp³-hybridized carbons (Fsp3) is 0.440. The quantitative estimate of drug-likeness (QED) is 0.577. The van der Waals surface area contributed by atoms with E-state index < -0.39 is 15.6 Å². The molecule has 10 heteroatoms. The molecule has 188 valence electrons. The van der Waals surface area contributed by atoms with E-state index in [4.69, 9.17) is 4.74 Å². The SMILES string of the molecule is CCCN1C(=O)CNC(=O)C12CCN(Cc1ccc(Oc3ccc(NS(C)(=O)=O)cc3)cc1)CC2. The van der Waals surface area contributed by atoms with Crippen molar-refractivity contribution in [1.82, 2.24) is 15.1 Å². The number of hydrogen-bond acceptors (Lipinski definition) is 6. The average molecular weight is 501 g/mol. The van der Waals surface area contributed by atoms with Gasteiger partial charge >= 0.3 is 0 Å². The van der Waals surface area contributed by atoms with Gasteiger partial charge in [-0.15, -0.1) is 0 Å². The molecule has 2 heterocycles. The van der Waals surface area contributed by atoms with Crippen molar-refractivity contribution in [2.75, 3.05) is 37.2 Å². The van der Waals surface area contributed by atoms with Gasteiger partial charge in [0.1, 0.15) is 17.0 Å². The first-order valence-electron chi connectivity index (χ1n) is 11.8. The van der Waals surface area contributed by atoms with Gasteiger partial charge in [0.15, 0.2) is 0 Å². The summed E-state index contributed by atoms with van der Waals surface area (Å²) in [7, 11) is -3.32. The Balaban J connectivity index is 1.32. The summed E-state index contributed by atoms with van der Waals surface area (Å²) in [5.74, 6) is 1.28. The highest BCUT2D eigenvalue weighted by Gasteiger charge is 2.50. The Morgan fingerprint density at radius 3 is 2.17 bits per heavy atom. The molecular formula is C25H32N4O5S. The van der Waals surface area contributed by atoms with Gasteiger partial charge in [-0.2, -0.15) is 0 Å². The molecule has 0 saturated carbocycles. The summed E-state index contributed by atoms with van der Waals surface area (Å²) in [5, 5.41) is 2.79. The van der Waals surface area contributed by atoms with Crippen molar-refractivity contribution >= 4 is 27.5 Å². The number of hydrogen-bond donors (Lipinski definition) is 2. The number of piperidine rings is 1. The van der Waals surface area contributed by atoms with Crippen LogP contribution in [0.4, 0.5) is 5.69 Å². The van der Waals surface area contributed by atoms with Crippen LogP contribution in [0.3, 0.4) is 0 Å². The van der Waals surface area contributed by atoms with Gasteiger partial charge in [0.25, 0.3) is 0 Å². The van der Waals surface area contributed by atoms with E-state index in [2.05, 4.69) is 14.9 Å². The van der Waals surface area contributed by atoms with Crippen LogP contribution in [0, 0.1) is 0 Å². The number of nitrogens with one attached hydrogen (secondary N) is 2. The maximum Gasteiger partial charge on any atom is 0.246 e. The zero-order chi connectivity index (χ0) is 25.1. The summed E-state index contributed by atoms with van der Waals surface area (Å²) in [6.45, 7) is 4.98. The lowest BCUT2D eigenvalue weighted by Gasteiger charge is -2.49. The summed E-state index contributed by atoms with van der Waals surface area (Å²) >= 11 is 0. The van der Waals surface area contributed by atoms with Crippen LogP contribution in [0.15, 0.2) is 48.5 Å². The Morgan fingerprint density at radius 1 is 1.00 bits per heavy atom. The number of piperazine rings is 1. The molecule has 35 heavy (non-hydrogen) atoms. The third-order valence-corrected chi connectivity index (χ3v) is 7.10. The van der Waals surface area contributed by atoms with Gasteiger partial charge < -0.3 is 15.0 Å². The zero-order valence-electron chi connectivity index (χ0n) is 20.1. The van der Waals surface area contributed by atoms with Crippen LogP contribution in [0.25, 0.3) is 0 Å². The predicted octanol–water partition coefficient (Wildman–Crippen LogP) is 2.55. The van der Waals surface area contributed by atoms with Crippen molar-refractivity contribution in [3.63, 3.8) is 0 Å². The normalized spacial score (nSPS) is 18.4. The highest BCUT2D eigenvalue weighted by molar-refractivity contribution is 7.92. The van der Waals surface area contributed by atoms with Gasteiger partial charge in [-0.1, -0.05) is 19.1 Å². The van der Waals surface area contributed by atoms with Gasteiger partial charge in [0.05, 0.1) is 12.8 Å². The van der Waals surface area contributed by atoms with E-state index in [1.165, 1.54) is 0 Å². The molecule has 0 aromatic heterocycles. The van der Waals surface area contributed by atoms with E-state index >= 15 is 0 Å². The Labute approximate surface area is 206 Å². The van der Waals surface area contributed by atoms with Crippen LogP contribution in [0.5, 0.6) is 11.5 Å². The number of sulfonamides is 1.